The normalized spacial score (nSPS) is 41.9. The van der Waals surface area contributed by atoms with Crippen LogP contribution in [0.1, 0.15) is 70.8 Å². The summed E-state index contributed by atoms with van der Waals surface area (Å²) in [7, 11) is 0. The Morgan fingerprint density at radius 3 is 2.71 bits per heavy atom. The number of rotatable bonds is 3. The lowest BCUT2D eigenvalue weighted by atomic mass is 9.47. The van der Waals surface area contributed by atoms with Crippen molar-refractivity contribution in [1.82, 2.24) is 0 Å². The highest BCUT2D eigenvalue weighted by Gasteiger charge is 2.59. The lowest BCUT2D eigenvalue weighted by Crippen LogP contribution is -2.50. The number of ketones is 1. The van der Waals surface area contributed by atoms with Gasteiger partial charge in [-0.1, -0.05) is 55.3 Å². The Hall–Kier alpha value is -1.38. The van der Waals surface area contributed by atoms with Crippen LogP contribution >= 0.6 is 11.6 Å². The number of aliphatic hydroxyl groups is 1. The van der Waals surface area contributed by atoms with Crippen molar-refractivity contribution in [2.45, 2.75) is 71.3 Å². The Morgan fingerprint density at radius 2 is 1.90 bits per heavy atom. The predicted octanol–water partition coefficient (Wildman–Crippen LogP) is 6.86. The van der Waals surface area contributed by atoms with E-state index in [-0.39, 0.29) is 28.6 Å². The highest BCUT2D eigenvalue weighted by molar-refractivity contribution is 6.32. The molecule has 3 heteroatoms. The number of hydrogen-bond acceptors (Lipinski definition) is 2. The van der Waals surface area contributed by atoms with E-state index in [1.54, 1.807) is 6.08 Å². The maximum absolute atomic E-state index is 13.3. The topological polar surface area (TPSA) is 37.3 Å². The van der Waals surface area contributed by atoms with Gasteiger partial charge in [0.25, 0.3) is 0 Å². The van der Waals surface area contributed by atoms with Crippen LogP contribution < -0.4 is 0 Å². The van der Waals surface area contributed by atoms with E-state index in [2.05, 4.69) is 19.9 Å². The van der Waals surface area contributed by atoms with Crippen molar-refractivity contribution in [2.75, 3.05) is 0 Å². The number of allylic oxidation sites excluding steroid dienone is 2. The molecular weight excluding hydrogens is 404 g/mol. The average Bonchev–Trinajstić information content (AvgIpc) is 3.11. The Kier molecular flexibility index (Phi) is 5.46. The highest BCUT2D eigenvalue weighted by atomic mass is 35.5. The lowest BCUT2D eigenvalue weighted by Gasteiger charge is -2.57. The molecule has 7 unspecified atom stereocenters. The van der Waals surface area contributed by atoms with Crippen molar-refractivity contribution in [2.24, 2.45) is 34.5 Å². The van der Waals surface area contributed by atoms with Gasteiger partial charge in [-0.3, -0.25) is 4.79 Å². The van der Waals surface area contributed by atoms with Gasteiger partial charge in [-0.2, -0.15) is 0 Å². The Bertz CT molecular complexity index is 933. The van der Waals surface area contributed by atoms with Gasteiger partial charge in [-0.05, 0) is 104 Å². The maximum atomic E-state index is 13.3. The van der Waals surface area contributed by atoms with Gasteiger partial charge in [0.1, 0.15) is 0 Å². The molecule has 7 atom stereocenters. The molecule has 2 nitrogen and oxygen atoms in total. The van der Waals surface area contributed by atoms with Crippen LogP contribution in [0.15, 0.2) is 42.0 Å². The van der Waals surface area contributed by atoms with Gasteiger partial charge >= 0.3 is 0 Å². The summed E-state index contributed by atoms with van der Waals surface area (Å²) in [6, 6.07) is 7.71. The number of fused-ring (bicyclic) bond motifs is 5. The number of carbonyl (C=O) groups excluding carboxylic acids is 1. The van der Waals surface area contributed by atoms with Crippen LogP contribution in [0.4, 0.5) is 0 Å². The fraction of sp³-hybridized carbons (Fsp3) is 0.607. The molecule has 1 aromatic rings. The van der Waals surface area contributed by atoms with Gasteiger partial charge < -0.3 is 5.11 Å². The summed E-state index contributed by atoms with van der Waals surface area (Å²) >= 11 is 6.28. The van der Waals surface area contributed by atoms with Crippen molar-refractivity contribution in [3.63, 3.8) is 0 Å². The van der Waals surface area contributed by atoms with Crippen LogP contribution in [0.25, 0.3) is 6.08 Å². The molecule has 0 aromatic heterocycles. The van der Waals surface area contributed by atoms with Gasteiger partial charge in [0.15, 0.2) is 5.78 Å². The van der Waals surface area contributed by atoms with Crippen molar-refractivity contribution in [1.29, 1.82) is 0 Å². The predicted molar refractivity (Wildman–Crippen MR) is 127 cm³/mol. The number of hydrogen-bond donors (Lipinski definition) is 1. The van der Waals surface area contributed by atoms with Gasteiger partial charge in [-0.15, -0.1) is 0 Å². The molecule has 1 aromatic carbocycles. The molecule has 0 aliphatic heterocycles. The van der Waals surface area contributed by atoms with Gasteiger partial charge in [0.05, 0.1) is 6.10 Å². The lowest BCUT2D eigenvalue weighted by molar-refractivity contribution is -0.124. The van der Waals surface area contributed by atoms with E-state index in [0.29, 0.717) is 22.8 Å². The molecule has 0 heterocycles. The molecule has 166 valence electrons. The SMILES string of the molecule is CC12CCC(O)CC1=CCC1C2CCC2(C)C(C(=O)/C=C/c3ccccc3Cl)CCC12. The van der Waals surface area contributed by atoms with Gasteiger partial charge in [0, 0.05) is 10.9 Å². The summed E-state index contributed by atoms with van der Waals surface area (Å²) in [5.74, 6) is 2.44. The zero-order valence-corrected chi connectivity index (χ0v) is 19.6. The Labute approximate surface area is 191 Å². The first-order valence-electron chi connectivity index (χ1n) is 12.2. The standard InChI is InChI=1S/C28H35ClO2/c1-27-15-13-20(30)17-19(27)8-9-21-22-10-11-24(28(22,2)16-14-23(21)27)26(31)12-7-18-5-3-4-6-25(18)29/h3-8,12,20-24,30H,9-11,13-17H2,1-2H3/b12-7+. The van der Waals surface area contributed by atoms with Gasteiger partial charge in [-0.25, -0.2) is 0 Å². The largest absolute Gasteiger partial charge is 0.393 e. The fourth-order valence-electron chi connectivity index (χ4n) is 8.01. The molecule has 1 N–H and O–H groups in total. The third-order valence-electron chi connectivity index (χ3n) is 9.75. The number of aliphatic hydroxyl groups excluding tert-OH is 1. The van der Waals surface area contributed by atoms with E-state index in [1.165, 1.54) is 18.4 Å². The van der Waals surface area contributed by atoms with Gasteiger partial charge in [0.2, 0.25) is 0 Å². The average molecular weight is 439 g/mol. The quantitative estimate of drug-likeness (QED) is 0.413. The van der Waals surface area contributed by atoms with Crippen LogP contribution in [0.2, 0.25) is 5.02 Å². The van der Waals surface area contributed by atoms with E-state index in [1.807, 2.05) is 30.3 Å². The number of benzene rings is 1. The molecule has 31 heavy (non-hydrogen) atoms. The van der Waals surface area contributed by atoms with Crippen LogP contribution in [0.3, 0.4) is 0 Å². The van der Waals surface area contributed by atoms with Crippen molar-refractivity contribution < 1.29 is 9.90 Å². The maximum Gasteiger partial charge on any atom is 0.159 e. The molecule has 3 saturated carbocycles. The number of carbonyl (C=O) groups is 1. The Morgan fingerprint density at radius 1 is 1.10 bits per heavy atom. The van der Waals surface area contributed by atoms with E-state index < -0.39 is 0 Å². The molecular formula is C28H35ClO2. The summed E-state index contributed by atoms with van der Waals surface area (Å²) in [5.41, 5.74) is 2.80. The Balaban J connectivity index is 1.37. The monoisotopic (exact) mass is 438 g/mol. The first-order chi connectivity index (χ1) is 14.8. The summed E-state index contributed by atoms with van der Waals surface area (Å²) in [6.07, 6.45) is 14.6. The zero-order chi connectivity index (χ0) is 21.8. The van der Waals surface area contributed by atoms with E-state index >= 15 is 0 Å². The second kappa shape index (κ2) is 7.89. The molecule has 4 aliphatic rings. The third-order valence-corrected chi connectivity index (χ3v) is 10.1. The molecule has 0 spiro atoms. The minimum atomic E-state index is -0.150. The van der Waals surface area contributed by atoms with Crippen LogP contribution in [0, 0.1) is 34.5 Å². The minimum absolute atomic E-state index is 0.110. The second-order valence-corrected chi connectivity index (χ2v) is 11.5. The molecule has 5 rings (SSSR count). The first kappa shape index (κ1) is 21.5. The van der Waals surface area contributed by atoms with Crippen molar-refractivity contribution in [3.05, 3.63) is 52.6 Å². The van der Waals surface area contributed by atoms with Crippen molar-refractivity contribution in [3.8, 4) is 0 Å². The van der Waals surface area contributed by atoms with Crippen LogP contribution in [-0.4, -0.2) is 17.0 Å². The second-order valence-electron chi connectivity index (χ2n) is 11.1. The smallest absolute Gasteiger partial charge is 0.159 e. The third kappa shape index (κ3) is 3.45. The summed E-state index contributed by atoms with van der Waals surface area (Å²) in [6.45, 7) is 4.87. The highest BCUT2D eigenvalue weighted by Crippen LogP contribution is 2.66. The number of halogens is 1. The minimum Gasteiger partial charge on any atom is -0.393 e. The summed E-state index contributed by atoms with van der Waals surface area (Å²) < 4.78 is 0. The fourth-order valence-corrected chi connectivity index (χ4v) is 8.21. The molecule has 0 saturated heterocycles. The summed E-state index contributed by atoms with van der Waals surface area (Å²) in [5, 5.41) is 10.9. The zero-order valence-electron chi connectivity index (χ0n) is 18.8. The molecule has 0 bridgehead atoms. The van der Waals surface area contributed by atoms with E-state index in [4.69, 9.17) is 11.6 Å². The van der Waals surface area contributed by atoms with E-state index in [0.717, 1.165) is 44.1 Å². The summed E-state index contributed by atoms with van der Waals surface area (Å²) in [4.78, 5) is 13.3. The first-order valence-corrected chi connectivity index (χ1v) is 12.5. The van der Waals surface area contributed by atoms with Crippen LogP contribution in [-0.2, 0) is 4.79 Å². The molecule has 0 amide bonds. The molecule has 0 radical (unpaired) electrons. The van der Waals surface area contributed by atoms with Crippen molar-refractivity contribution >= 4 is 23.5 Å². The molecule has 3 fully saturated rings. The van der Waals surface area contributed by atoms with E-state index in [9.17, 15) is 9.90 Å². The van der Waals surface area contributed by atoms with Crippen LogP contribution in [0.5, 0.6) is 0 Å². The molecule has 4 aliphatic carbocycles.